The number of aliphatic hydroxyl groups excluding tert-OH is 1. The minimum Gasteiger partial charge on any atom is -0.393 e. The molecule has 1 aromatic rings. The molecule has 2 rings (SSSR count). The molecule has 0 amide bonds. The molecule has 98 valence electrons. The topological polar surface area (TPSA) is 99.1 Å². The number of aryl methyl sites for hydroxylation is 1. The number of rotatable bonds is 2. The van der Waals surface area contributed by atoms with Crippen LogP contribution in [0.25, 0.3) is 0 Å². The van der Waals surface area contributed by atoms with Gasteiger partial charge in [-0.2, -0.15) is 5.10 Å². The van der Waals surface area contributed by atoms with E-state index in [-0.39, 0.29) is 11.9 Å². The number of amidine groups is 1. The molecular formula is C12H19N5O. The standard InChI is InChI=1S/C12H19N5O/c1-7-8(2)15-16-12(10(7)11(13)14)17-5-3-9(18)4-6-17/h9,18H,3-6H2,1-2H3,(H3,13,14). The molecule has 0 spiro atoms. The molecule has 0 aromatic carbocycles. The van der Waals surface area contributed by atoms with Gasteiger partial charge in [-0.3, -0.25) is 5.41 Å². The van der Waals surface area contributed by atoms with Crippen LogP contribution < -0.4 is 10.6 Å². The molecule has 0 unspecified atom stereocenters. The number of aromatic nitrogens is 2. The summed E-state index contributed by atoms with van der Waals surface area (Å²) in [6, 6.07) is 0. The Morgan fingerprint density at radius 2 is 1.94 bits per heavy atom. The second-order valence-corrected chi connectivity index (χ2v) is 4.74. The van der Waals surface area contributed by atoms with Gasteiger partial charge < -0.3 is 15.7 Å². The lowest BCUT2D eigenvalue weighted by atomic mass is 10.0. The zero-order valence-corrected chi connectivity index (χ0v) is 10.8. The first kappa shape index (κ1) is 12.8. The number of piperidine rings is 1. The fourth-order valence-electron chi connectivity index (χ4n) is 2.22. The Hall–Kier alpha value is -1.69. The van der Waals surface area contributed by atoms with Crippen LogP contribution in [0.15, 0.2) is 0 Å². The third kappa shape index (κ3) is 2.28. The summed E-state index contributed by atoms with van der Waals surface area (Å²) < 4.78 is 0. The second-order valence-electron chi connectivity index (χ2n) is 4.74. The molecule has 4 N–H and O–H groups in total. The van der Waals surface area contributed by atoms with Crippen molar-refractivity contribution in [1.82, 2.24) is 10.2 Å². The lowest BCUT2D eigenvalue weighted by Crippen LogP contribution is -2.38. The van der Waals surface area contributed by atoms with Gasteiger partial charge in [0.15, 0.2) is 5.82 Å². The molecule has 0 radical (unpaired) electrons. The van der Waals surface area contributed by atoms with Crippen molar-refractivity contribution in [2.75, 3.05) is 18.0 Å². The molecule has 0 bridgehead atoms. The lowest BCUT2D eigenvalue weighted by Gasteiger charge is -2.31. The van der Waals surface area contributed by atoms with Crippen LogP contribution in [0.3, 0.4) is 0 Å². The van der Waals surface area contributed by atoms with Crippen LogP contribution in [-0.2, 0) is 0 Å². The smallest absolute Gasteiger partial charge is 0.162 e. The maximum atomic E-state index is 9.52. The number of nitrogens with zero attached hydrogens (tertiary/aromatic N) is 3. The van der Waals surface area contributed by atoms with Crippen LogP contribution in [0.1, 0.15) is 29.7 Å². The van der Waals surface area contributed by atoms with Gasteiger partial charge in [-0.25, -0.2) is 0 Å². The average molecular weight is 249 g/mol. The van der Waals surface area contributed by atoms with Crippen LogP contribution in [-0.4, -0.2) is 40.3 Å². The summed E-state index contributed by atoms with van der Waals surface area (Å²) in [6.07, 6.45) is 1.19. The van der Waals surface area contributed by atoms with Gasteiger partial charge in [0.25, 0.3) is 0 Å². The van der Waals surface area contributed by atoms with Gasteiger partial charge in [-0.1, -0.05) is 0 Å². The number of hydrogen-bond acceptors (Lipinski definition) is 5. The van der Waals surface area contributed by atoms with E-state index in [1.807, 2.05) is 18.7 Å². The van der Waals surface area contributed by atoms with Crippen molar-refractivity contribution in [3.05, 3.63) is 16.8 Å². The minimum absolute atomic E-state index is 0.0200. The summed E-state index contributed by atoms with van der Waals surface area (Å²) in [6.45, 7) is 5.21. The third-order valence-corrected chi connectivity index (χ3v) is 3.47. The molecule has 18 heavy (non-hydrogen) atoms. The SMILES string of the molecule is Cc1nnc(N2CCC(O)CC2)c(C(=N)N)c1C. The highest BCUT2D eigenvalue weighted by molar-refractivity contribution is 6.01. The van der Waals surface area contributed by atoms with Crippen molar-refractivity contribution < 1.29 is 5.11 Å². The van der Waals surface area contributed by atoms with E-state index in [1.54, 1.807) is 0 Å². The first-order chi connectivity index (χ1) is 8.50. The molecule has 0 saturated carbocycles. The second kappa shape index (κ2) is 4.89. The van der Waals surface area contributed by atoms with Crippen LogP contribution in [0.2, 0.25) is 0 Å². The molecule has 0 aliphatic carbocycles. The number of anilines is 1. The third-order valence-electron chi connectivity index (χ3n) is 3.47. The largest absolute Gasteiger partial charge is 0.393 e. The van der Waals surface area contributed by atoms with Crippen molar-refractivity contribution in [2.45, 2.75) is 32.8 Å². The molecule has 2 heterocycles. The van der Waals surface area contributed by atoms with E-state index >= 15 is 0 Å². The van der Waals surface area contributed by atoms with Crippen molar-refractivity contribution in [1.29, 1.82) is 5.41 Å². The zero-order valence-electron chi connectivity index (χ0n) is 10.8. The number of aliphatic hydroxyl groups is 1. The number of hydrogen-bond donors (Lipinski definition) is 3. The van der Waals surface area contributed by atoms with Crippen molar-refractivity contribution in [3.8, 4) is 0 Å². The summed E-state index contributed by atoms with van der Waals surface area (Å²) in [5.74, 6) is 0.684. The Balaban J connectivity index is 2.38. The van der Waals surface area contributed by atoms with Crippen LogP contribution >= 0.6 is 0 Å². The molecule has 0 atom stereocenters. The Bertz CT molecular complexity index is 466. The van der Waals surface area contributed by atoms with E-state index in [2.05, 4.69) is 10.2 Å². The summed E-state index contributed by atoms with van der Waals surface area (Å²) >= 11 is 0. The first-order valence-electron chi connectivity index (χ1n) is 6.12. The predicted octanol–water partition coefficient (Wildman–Crippen LogP) is 0.339. The van der Waals surface area contributed by atoms with Crippen molar-refractivity contribution in [3.63, 3.8) is 0 Å². The van der Waals surface area contributed by atoms with Gasteiger partial charge in [0.1, 0.15) is 5.84 Å². The fraction of sp³-hybridized carbons (Fsp3) is 0.583. The first-order valence-corrected chi connectivity index (χ1v) is 6.12. The lowest BCUT2D eigenvalue weighted by molar-refractivity contribution is 0.145. The molecule has 1 aliphatic rings. The quantitative estimate of drug-likeness (QED) is 0.518. The minimum atomic E-state index is -0.235. The van der Waals surface area contributed by atoms with Crippen LogP contribution in [0, 0.1) is 19.3 Å². The van der Waals surface area contributed by atoms with E-state index < -0.39 is 0 Å². The molecule has 1 aliphatic heterocycles. The van der Waals surface area contributed by atoms with Crippen LogP contribution in [0.4, 0.5) is 5.82 Å². The summed E-state index contributed by atoms with van der Waals surface area (Å²) in [7, 11) is 0. The molecule has 1 aromatic heterocycles. The summed E-state index contributed by atoms with van der Waals surface area (Å²) in [5.41, 5.74) is 8.02. The maximum absolute atomic E-state index is 9.52. The molecule has 1 saturated heterocycles. The van der Waals surface area contributed by atoms with Crippen LogP contribution in [0.5, 0.6) is 0 Å². The fourth-order valence-corrected chi connectivity index (χ4v) is 2.22. The average Bonchev–Trinajstić information content (AvgIpc) is 2.33. The maximum Gasteiger partial charge on any atom is 0.162 e. The monoisotopic (exact) mass is 249 g/mol. The Labute approximate surface area is 106 Å². The molecule has 6 heteroatoms. The van der Waals surface area contributed by atoms with E-state index in [0.717, 1.165) is 24.3 Å². The van der Waals surface area contributed by atoms with Crippen molar-refractivity contribution in [2.24, 2.45) is 5.73 Å². The highest BCUT2D eigenvalue weighted by Crippen LogP contribution is 2.24. The predicted molar refractivity (Wildman–Crippen MR) is 70.0 cm³/mol. The Kier molecular flexibility index (Phi) is 3.47. The normalized spacial score (nSPS) is 16.9. The van der Waals surface area contributed by atoms with Gasteiger partial charge in [0.2, 0.25) is 0 Å². The number of nitrogens with two attached hydrogens (primary N) is 1. The number of nitrogens with one attached hydrogen (secondary N) is 1. The summed E-state index contributed by atoms with van der Waals surface area (Å²) in [4.78, 5) is 2.04. The highest BCUT2D eigenvalue weighted by Gasteiger charge is 2.23. The molecule has 1 fully saturated rings. The van der Waals surface area contributed by atoms with Gasteiger partial charge in [0.05, 0.1) is 17.4 Å². The Morgan fingerprint density at radius 1 is 1.33 bits per heavy atom. The van der Waals surface area contributed by atoms with E-state index in [0.29, 0.717) is 24.2 Å². The molecule has 6 nitrogen and oxygen atoms in total. The molecular weight excluding hydrogens is 230 g/mol. The Morgan fingerprint density at radius 3 is 2.50 bits per heavy atom. The van der Waals surface area contributed by atoms with Gasteiger partial charge in [0, 0.05) is 13.1 Å². The number of nitrogen functional groups attached to an aromatic ring is 1. The van der Waals surface area contributed by atoms with Gasteiger partial charge in [-0.15, -0.1) is 5.10 Å². The van der Waals surface area contributed by atoms with E-state index in [1.165, 1.54) is 0 Å². The zero-order chi connectivity index (χ0) is 13.3. The van der Waals surface area contributed by atoms with Crippen molar-refractivity contribution >= 4 is 11.7 Å². The van der Waals surface area contributed by atoms with Gasteiger partial charge in [-0.05, 0) is 32.3 Å². The van der Waals surface area contributed by atoms with Gasteiger partial charge >= 0.3 is 0 Å². The van der Waals surface area contributed by atoms with E-state index in [9.17, 15) is 5.11 Å². The van der Waals surface area contributed by atoms with E-state index in [4.69, 9.17) is 11.1 Å². The highest BCUT2D eigenvalue weighted by atomic mass is 16.3. The summed E-state index contributed by atoms with van der Waals surface area (Å²) in [5, 5.41) is 25.5.